The van der Waals surface area contributed by atoms with Crippen molar-refractivity contribution in [3.05, 3.63) is 66.0 Å². The van der Waals surface area contributed by atoms with Gasteiger partial charge in [-0.25, -0.2) is 0 Å². The van der Waals surface area contributed by atoms with Gasteiger partial charge in [-0.3, -0.25) is 19.8 Å². The quantitative estimate of drug-likeness (QED) is 0.376. The first kappa shape index (κ1) is 21.6. The molecular weight excluding hydrogens is 444 g/mol. The molecule has 1 saturated heterocycles. The minimum absolute atomic E-state index is 0.161. The van der Waals surface area contributed by atoms with Crippen LogP contribution in [0.1, 0.15) is 17.5 Å². The van der Waals surface area contributed by atoms with Gasteiger partial charge in [-0.1, -0.05) is 18.2 Å². The number of phenols is 1. The van der Waals surface area contributed by atoms with Crippen molar-refractivity contribution in [3.63, 3.8) is 0 Å². The second kappa shape index (κ2) is 8.72. The van der Waals surface area contributed by atoms with Crippen LogP contribution >= 0.6 is 0 Å². The highest BCUT2D eigenvalue weighted by atomic mass is 16.5. The summed E-state index contributed by atoms with van der Waals surface area (Å²) < 4.78 is 7.50. The van der Waals surface area contributed by atoms with E-state index in [-0.39, 0.29) is 5.75 Å². The van der Waals surface area contributed by atoms with Crippen molar-refractivity contribution in [3.8, 4) is 5.75 Å². The summed E-state index contributed by atoms with van der Waals surface area (Å²) in [5.41, 5.74) is 3.85. The number of nitrogens with one attached hydrogen (secondary N) is 2. The maximum atomic E-state index is 13.1. The van der Waals surface area contributed by atoms with Gasteiger partial charge in [0.15, 0.2) is 0 Å². The molecule has 2 aliphatic heterocycles. The molecule has 0 atom stereocenters. The zero-order valence-corrected chi connectivity index (χ0v) is 19.2. The molecule has 178 valence electrons. The first-order valence-electron chi connectivity index (χ1n) is 11.9. The van der Waals surface area contributed by atoms with Crippen LogP contribution in [0.3, 0.4) is 0 Å². The van der Waals surface area contributed by atoms with Crippen LogP contribution in [0.5, 0.6) is 5.75 Å². The average molecular weight is 471 g/mol. The molecule has 2 aliphatic rings. The van der Waals surface area contributed by atoms with E-state index in [1.807, 2.05) is 36.5 Å². The number of carbonyl (C=O) groups excluding carboxylic acids is 2. The summed E-state index contributed by atoms with van der Waals surface area (Å²) in [7, 11) is 0. The number of ether oxygens (including phenoxy) is 1. The average Bonchev–Trinajstić information content (AvgIpc) is 3.52. The van der Waals surface area contributed by atoms with Gasteiger partial charge in [-0.05, 0) is 24.6 Å². The fourth-order valence-corrected chi connectivity index (χ4v) is 5.20. The van der Waals surface area contributed by atoms with Crippen molar-refractivity contribution >= 4 is 44.8 Å². The minimum Gasteiger partial charge on any atom is -0.508 e. The summed E-state index contributed by atoms with van der Waals surface area (Å²) in [6.45, 7) is 5.06. The number of H-pyrrole nitrogens is 1. The summed E-state index contributed by atoms with van der Waals surface area (Å²) in [6.07, 6.45) is 4.63. The Bertz CT molecular complexity index is 1490. The summed E-state index contributed by atoms with van der Waals surface area (Å²) in [5.74, 6) is -0.646. The van der Waals surface area contributed by atoms with Crippen molar-refractivity contribution in [1.82, 2.24) is 19.8 Å². The lowest BCUT2D eigenvalue weighted by Crippen LogP contribution is -2.37. The van der Waals surface area contributed by atoms with Gasteiger partial charge >= 0.3 is 0 Å². The van der Waals surface area contributed by atoms with Crippen LogP contribution in [0.15, 0.2) is 54.9 Å². The Labute approximate surface area is 201 Å². The number of imide groups is 1. The van der Waals surface area contributed by atoms with Gasteiger partial charge in [-0.2, -0.15) is 0 Å². The number of aromatic hydroxyl groups is 1. The van der Waals surface area contributed by atoms with Gasteiger partial charge in [0.05, 0.1) is 29.9 Å². The zero-order valence-electron chi connectivity index (χ0n) is 19.2. The first-order valence-corrected chi connectivity index (χ1v) is 11.9. The summed E-state index contributed by atoms with van der Waals surface area (Å²) in [5, 5.41) is 14.4. The molecule has 0 radical (unpaired) electrons. The molecule has 0 saturated carbocycles. The van der Waals surface area contributed by atoms with Crippen molar-refractivity contribution in [2.24, 2.45) is 0 Å². The summed E-state index contributed by atoms with van der Waals surface area (Å²) >= 11 is 0. The third-order valence-corrected chi connectivity index (χ3v) is 6.90. The lowest BCUT2D eigenvalue weighted by Gasteiger charge is -2.26. The number of aryl methyl sites for hydroxylation is 1. The topological polar surface area (TPSA) is 99.6 Å². The highest BCUT2D eigenvalue weighted by Gasteiger charge is 2.35. The van der Waals surface area contributed by atoms with Crippen LogP contribution in [0.4, 0.5) is 0 Å². The van der Waals surface area contributed by atoms with Crippen LogP contribution < -0.4 is 5.32 Å². The zero-order chi connectivity index (χ0) is 23.9. The molecule has 0 spiro atoms. The fourth-order valence-electron chi connectivity index (χ4n) is 5.20. The normalized spacial score (nSPS) is 17.1. The number of aromatic amines is 1. The number of nitrogens with zero attached hydrogens (tertiary/aromatic N) is 2. The number of rotatable bonds is 6. The SMILES string of the molecule is O=C1NC(=O)C(c2cn(CCCN3CCOCC3)c3cc(O)ccc23)=C1c1c[nH]c2ccccc12. The van der Waals surface area contributed by atoms with Crippen LogP contribution in [0.25, 0.3) is 33.0 Å². The molecular formula is C27H26N4O4. The molecule has 2 amide bonds. The van der Waals surface area contributed by atoms with Crippen molar-refractivity contribution in [2.45, 2.75) is 13.0 Å². The van der Waals surface area contributed by atoms with Crippen LogP contribution in [-0.4, -0.2) is 64.2 Å². The standard InChI is InChI=1S/C27H26N4O4/c32-17-6-7-19-21(16-31(23(19)14-17)9-3-8-30-10-12-35-13-11-30)25-24(26(33)29-27(25)34)20-15-28-22-5-2-1-4-18(20)22/h1-2,4-7,14-16,28,32H,3,8-13H2,(H,29,33,34). The number of aromatic nitrogens is 2. The third-order valence-electron chi connectivity index (χ3n) is 6.90. The monoisotopic (exact) mass is 470 g/mol. The Morgan fingerprint density at radius 3 is 2.51 bits per heavy atom. The van der Waals surface area contributed by atoms with Crippen molar-refractivity contribution in [2.75, 3.05) is 32.8 Å². The Hall–Kier alpha value is -3.88. The fraction of sp³-hybridized carbons (Fsp3) is 0.259. The lowest BCUT2D eigenvalue weighted by atomic mass is 9.95. The van der Waals surface area contributed by atoms with Gasteiger partial charge in [0.25, 0.3) is 11.8 Å². The highest BCUT2D eigenvalue weighted by Crippen LogP contribution is 2.39. The highest BCUT2D eigenvalue weighted by molar-refractivity contribution is 6.50. The van der Waals surface area contributed by atoms with E-state index in [1.54, 1.807) is 18.3 Å². The van der Waals surface area contributed by atoms with Crippen molar-refractivity contribution < 1.29 is 19.4 Å². The van der Waals surface area contributed by atoms with Gasteiger partial charge in [0, 0.05) is 72.1 Å². The molecule has 35 heavy (non-hydrogen) atoms. The van der Waals surface area contributed by atoms with E-state index < -0.39 is 11.8 Å². The number of benzene rings is 2. The maximum Gasteiger partial charge on any atom is 0.259 e. The second-order valence-electron chi connectivity index (χ2n) is 9.03. The Kier molecular flexibility index (Phi) is 5.39. The number of amides is 2. The summed E-state index contributed by atoms with van der Waals surface area (Å²) in [4.78, 5) is 31.7. The van der Waals surface area contributed by atoms with Gasteiger partial charge in [-0.15, -0.1) is 0 Å². The molecule has 4 aromatic rings. The van der Waals surface area contributed by atoms with Crippen LogP contribution in [0, 0.1) is 0 Å². The number of phenolic OH excluding ortho intramolecular Hbond substituents is 1. The van der Waals surface area contributed by atoms with E-state index in [4.69, 9.17) is 4.74 Å². The number of para-hydroxylation sites is 1. The van der Waals surface area contributed by atoms with E-state index in [0.717, 1.165) is 67.6 Å². The molecule has 2 aromatic carbocycles. The van der Waals surface area contributed by atoms with E-state index >= 15 is 0 Å². The molecule has 0 aliphatic carbocycles. The largest absolute Gasteiger partial charge is 0.508 e. The molecule has 0 bridgehead atoms. The molecule has 8 heteroatoms. The Balaban J connectivity index is 1.44. The molecule has 0 unspecified atom stereocenters. The number of fused-ring (bicyclic) bond motifs is 2. The molecule has 4 heterocycles. The predicted molar refractivity (Wildman–Crippen MR) is 134 cm³/mol. The molecule has 6 rings (SSSR count). The Morgan fingerprint density at radius 1 is 0.914 bits per heavy atom. The Morgan fingerprint density at radius 2 is 1.69 bits per heavy atom. The third kappa shape index (κ3) is 3.80. The number of carbonyl (C=O) groups is 2. The number of hydrogen-bond donors (Lipinski definition) is 3. The van der Waals surface area contributed by atoms with E-state index in [9.17, 15) is 14.7 Å². The van der Waals surface area contributed by atoms with Gasteiger partial charge < -0.3 is 19.4 Å². The second-order valence-corrected chi connectivity index (χ2v) is 9.03. The van der Waals surface area contributed by atoms with Gasteiger partial charge in [0.1, 0.15) is 5.75 Å². The maximum absolute atomic E-state index is 13.1. The summed E-state index contributed by atoms with van der Waals surface area (Å²) in [6, 6.07) is 12.9. The van der Waals surface area contributed by atoms with E-state index in [1.165, 1.54) is 0 Å². The first-order chi connectivity index (χ1) is 17.1. The molecule has 2 aromatic heterocycles. The predicted octanol–water partition coefficient (Wildman–Crippen LogP) is 3.12. The molecule has 1 fully saturated rings. The molecule has 3 N–H and O–H groups in total. The van der Waals surface area contributed by atoms with Gasteiger partial charge in [0.2, 0.25) is 0 Å². The lowest BCUT2D eigenvalue weighted by molar-refractivity contribution is -0.122. The van der Waals surface area contributed by atoms with Crippen LogP contribution in [0.2, 0.25) is 0 Å². The number of morpholine rings is 1. The van der Waals surface area contributed by atoms with Crippen LogP contribution in [-0.2, 0) is 20.9 Å². The number of hydrogen-bond acceptors (Lipinski definition) is 5. The van der Waals surface area contributed by atoms with E-state index in [0.29, 0.717) is 22.3 Å². The smallest absolute Gasteiger partial charge is 0.259 e. The minimum atomic E-state index is -0.407. The van der Waals surface area contributed by atoms with E-state index in [2.05, 4.69) is 19.8 Å². The van der Waals surface area contributed by atoms with Crippen molar-refractivity contribution in [1.29, 1.82) is 0 Å². The molecule has 8 nitrogen and oxygen atoms in total.